The highest BCUT2D eigenvalue weighted by Gasteiger charge is 2.27. The molecule has 7 nitrogen and oxygen atoms in total. The van der Waals surface area contributed by atoms with E-state index in [4.69, 9.17) is 26.1 Å². The maximum atomic E-state index is 13.5. The standard InChI is InChI=1S/C32H42ClN3O4/c1-6-28-27-19-34-30(37)26-17-22(33)18-29(25(26)11-9-7-8-10-21(27)16-20(2)35-28)39-24-14-12-23(13-15-24)36-31(38)40-32(3,4)5/h7,9,16-18,23-24H,6,8,10-15,19H2,1-5H3,(H,34,37)(H,36,38)/b9-7-. The van der Waals surface area contributed by atoms with Gasteiger partial charge in [0.25, 0.3) is 5.91 Å². The molecule has 40 heavy (non-hydrogen) atoms. The molecule has 0 atom stereocenters. The van der Waals surface area contributed by atoms with Crippen molar-refractivity contribution in [3.8, 4) is 5.75 Å². The van der Waals surface area contributed by atoms with Crippen molar-refractivity contribution >= 4 is 23.6 Å². The Morgan fingerprint density at radius 1 is 1.12 bits per heavy atom. The van der Waals surface area contributed by atoms with E-state index in [1.54, 1.807) is 6.07 Å². The zero-order valence-electron chi connectivity index (χ0n) is 24.4. The number of pyridine rings is 1. The molecule has 2 aliphatic rings. The highest BCUT2D eigenvalue weighted by molar-refractivity contribution is 6.31. The first-order valence-electron chi connectivity index (χ1n) is 14.4. The lowest BCUT2D eigenvalue weighted by molar-refractivity contribution is 0.0470. The highest BCUT2D eigenvalue weighted by atomic mass is 35.5. The molecule has 1 fully saturated rings. The minimum absolute atomic E-state index is 0.0269. The number of halogens is 1. The number of hydrogen-bond acceptors (Lipinski definition) is 5. The smallest absolute Gasteiger partial charge is 0.407 e. The Bertz CT molecular complexity index is 1260. The summed E-state index contributed by atoms with van der Waals surface area (Å²) in [5.74, 6) is 0.477. The zero-order chi connectivity index (χ0) is 28.9. The fraction of sp³-hybridized carbons (Fsp3) is 0.531. The Morgan fingerprint density at radius 3 is 2.58 bits per heavy atom. The summed E-state index contributed by atoms with van der Waals surface area (Å²) in [6, 6.07) is 5.73. The van der Waals surface area contributed by atoms with Crippen molar-refractivity contribution in [2.24, 2.45) is 0 Å². The quantitative estimate of drug-likeness (QED) is 0.397. The van der Waals surface area contributed by atoms with Gasteiger partial charge in [-0.3, -0.25) is 9.78 Å². The topological polar surface area (TPSA) is 89.5 Å². The molecule has 8 heteroatoms. The van der Waals surface area contributed by atoms with Crippen molar-refractivity contribution in [2.45, 2.75) is 110 Å². The number of fused-ring (bicyclic) bond motifs is 2. The molecular formula is C32H42ClN3O4. The van der Waals surface area contributed by atoms with Crippen molar-refractivity contribution < 1.29 is 19.1 Å². The second-order valence-corrected chi connectivity index (χ2v) is 12.2. The van der Waals surface area contributed by atoms with Crippen LogP contribution >= 0.6 is 11.6 Å². The van der Waals surface area contributed by atoms with Gasteiger partial charge in [0, 0.05) is 40.1 Å². The third-order valence-corrected chi connectivity index (χ3v) is 7.59. The Morgan fingerprint density at radius 2 is 1.88 bits per heavy atom. The summed E-state index contributed by atoms with van der Waals surface area (Å²) in [6.45, 7) is 10.1. The average molecular weight is 568 g/mol. The first kappa shape index (κ1) is 29.9. The third-order valence-electron chi connectivity index (χ3n) is 7.37. The molecule has 0 spiro atoms. The Hall–Kier alpha value is -3.06. The van der Waals surface area contributed by atoms with Crippen LogP contribution in [0.25, 0.3) is 0 Å². The molecule has 4 rings (SSSR count). The largest absolute Gasteiger partial charge is 0.490 e. The summed E-state index contributed by atoms with van der Waals surface area (Å²) in [4.78, 5) is 30.4. The number of benzene rings is 1. The molecule has 1 aromatic heterocycles. The lowest BCUT2D eigenvalue weighted by Gasteiger charge is -2.31. The Labute approximate surface area is 243 Å². The number of nitrogens with one attached hydrogen (secondary N) is 2. The van der Waals surface area contributed by atoms with E-state index in [1.165, 1.54) is 5.56 Å². The van der Waals surface area contributed by atoms with Crippen LogP contribution in [-0.4, -0.2) is 34.7 Å². The van der Waals surface area contributed by atoms with Crippen LogP contribution in [0.3, 0.4) is 0 Å². The van der Waals surface area contributed by atoms with E-state index < -0.39 is 5.60 Å². The number of nitrogens with zero attached hydrogens (tertiary/aromatic N) is 1. The van der Waals surface area contributed by atoms with Crippen LogP contribution in [0.4, 0.5) is 4.79 Å². The number of carbonyl (C=O) groups is 2. The summed E-state index contributed by atoms with van der Waals surface area (Å²) < 4.78 is 11.9. The lowest BCUT2D eigenvalue weighted by Crippen LogP contribution is -2.42. The van der Waals surface area contributed by atoms with Gasteiger partial charge in [-0.1, -0.05) is 30.7 Å². The van der Waals surface area contributed by atoms with Gasteiger partial charge < -0.3 is 20.1 Å². The van der Waals surface area contributed by atoms with Gasteiger partial charge in [-0.05, 0) is 108 Å². The number of carbonyl (C=O) groups excluding carboxylic acids is 2. The second-order valence-electron chi connectivity index (χ2n) is 11.8. The van der Waals surface area contributed by atoms with Gasteiger partial charge in [-0.2, -0.15) is 0 Å². The van der Waals surface area contributed by atoms with Crippen LogP contribution in [0.5, 0.6) is 5.75 Å². The molecule has 1 aliphatic heterocycles. The fourth-order valence-corrected chi connectivity index (χ4v) is 5.71. The summed E-state index contributed by atoms with van der Waals surface area (Å²) in [6.07, 6.45) is 10.2. The Kier molecular flexibility index (Phi) is 9.77. The summed E-state index contributed by atoms with van der Waals surface area (Å²) in [7, 11) is 0. The first-order valence-corrected chi connectivity index (χ1v) is 14.8. The van der Waals surface area contributed by atoms with E-state index in [0.29, 0.717) is 29.3 Å². The van der Waals surface area contributed by atoms with Crippen molar-refractivity contribution in [3.05, 3.63) is 69.0 Å². The molecular weight excluding hydrogens is 526 g/mol. The molecule has 1 saturated carbocycles. The molecule has 2 aromatic rings. The lowest BCUT2D eigenvalue weighted by atomic mass is 9.92. The second kappa shape index (κ2) is 13.1. The van der Waals surface area contributed by atoms with Gasteiger partial charge in [0.15, 0.2) is 0 Å². The first-order chi connectivity index (χ1) is 19.0. The zero-order valence-corrected chi connectivity index (χ0v) is 25.1. The number of aryl methyl sites for hydroxylation is 3. The van der Waals surface area contributed by atoms with Crippen LogP contribution in [0.1, 0.15) is 98.2 Å². The van der Waals surface area contributed by atoms with E-state index >= 15 is 0 Å². The molecule has 2 heterocycles. The number of ether oxygens (including phenoxy) is 2. The van der Waals surface area contributed by atoms with Gasteiger partial charge >= 0.3 is 6.09 Å². The van der Waals surface area contributed by atoms with Crippen molar-refractivity contribution in [3.63, 3.8) is 0 Å². The molecule has 1 aliphatic carbocycles. The summed E-state index contributed by atoms with van der Waals surface area (Å²) in [5.41, 5.74) is 5.23. The predicted molar refractivity (Wildman–Crippen MR) is 158 cm³/mol. The molecule has 2 N–H and O–H groups in total. The molecule has 0 radical (unpaired) electrons. The number of rotatable bonds is 4. The number of allylic oxidation sites excluding steroid dienone is 2. The predicted octanol–water partition coefficient (Wildman–Crippen LogP) is 6.80. The van der Waals surface area contributed by atoms with E-state index in [9.17, 15) is 9.59 Å². The van der Waals surface area contributed by atoms with E-state index in [1.807, 2.05) is 33.8 Å². The highest BCUT2D eigenvalue weighted by Crippen LogP contribution is 2.33. The van der Waals surface area contributed by atoms with Crippen LogP contribution < -0.4 is 15.4 Å². The van der Waals surface area contributed by atoms with Crippen LogP contribution in [-0.2, 0) is 30.5 Å². The minimum Gasteiger partial charge on any atom is -0.490 e. The maximum Gasteiger partial charge on any atom is 0.407 e. The molecule has 2 amide bonds. The molecule has 1 aromatic carbocycles. The number of hydrogen-bond donors (Lipinski definition) is 2. The van der Waals surface area contributed by atoms with E-state index in [-0.39, 0.29) is 24.1 Å². The van der Waals surface area contributed by atoms with Crippen LogP contribution in [0.2, 0.25) is 5.02 Å². The monoisotopic (exact) mass is 567 g/mol. The fourth-order valence-electron chi connectivity index (χ4n) is 5.50. The van der Waals surface area contributed by atoms with E-state index in [0.717, 1.165) is 67.5 Å². The van der Waals surface area contributed by atoms with Crippen molar-refractivity contribution in [1.82, 2.24) is 15.6 Å². The third kappa shape index (κ3) is 8.00. The molecule has 0 bridgehead atoms. The van der Waals surface area contributed by atoms with Crippen LogP contribution in [0, 0.1) is 6.92 Å². The van der Waals surface area contributed by atoms with Gasteiger partial charge in [0.2, 0.25) is 0 Å². The minimum atomic E-state index is -0.526. The van der Waals surface area contributed by atoms with Gasteiger partial charge in [-0.15, -0.1) is 0 Å². The Balaban J connectivity index is 1.50. The van der Waals surface area contributed by atoms with Gasteiger partial charge in [0.1, 0.15) is 11.4 Å². The van der Waals surface area contributed by atoms with Crippen molar-refractivity contribution in [1.29, 1.82) is 0 Å². The van der Waals surface area contributed by atoms with Gasteiger partial charge in [0.05, 0.1) is 6.10 Å². The molecule has 0 unspecified atom stereocenters. The SMILES string of the molecule is CCc1nc(C)cc2c1CNC(=O)c1cc(Cl)cc(OC3CCC(NC(=O)OC(C)(C)C)CC3)c1C/C=C\CC2. The normalized spacial score (nSPS) is 20.6. The molecule has 216 valence electrons. The number of amides is 2. The van der Waals surface area contributed by atoms with E-state index in [2.05, 4.69) is 35.8 Å². The maximum absolute atomic E-state index is 13.5. The summed E-state index contributed by atoms with van der Waals surface area (Å²) >= 11 is 6.52. The van der Waals surface area contributed by atoms with Gasteiger partial charge in [-0.25, -0.2) is 4.79 Å². The number of alkyl carbamates (subject to hydrolysis) is 1. The number of aromatic nitrogens is 1. The van der Waals surface area contributed by atoms with Crippen LogP contribution in [0.15, 0.2) is 30.4 Å². The summed E-state index contributed by atoms with van der Waals surface area (Å²) in [5, 5.41) is 6.58. The van der Waals surface area contributed by atoms with Crippen molar-refractivity contribution in [2.75, 3.05) is 0 Å². The molecule has 0 saturated heterocycles. The average Bonchev–Trinajstić information content (AvgIpc) is 2.87.